The van der Waals surface area contributed by atoms with Gasteiger partial charge in [-0.05, 0) is 138 Å². The van der Waals surface area contributed by atoms with Crippen molar-refractivity contribution in [2.75, 3.05) is 9.80 Å². The minimum atomic E-state index is -0.144. The van der Waals surface area contributed by atoms with Gasteiger partial charge in [-0.15, -0.1) is 0 Å². The van der Waals surface area contributed by atoms with Gasteiger partial charge in [0.25, 0.3) is 0 Å². The summed E-state index contributed by atoms with van der Waals surface area (Å²) in [6.45, 7) is 11.6. The number of hydrogen-bond donors (Lipinski definition) is 0. The van der Waals surface area contributed by atoms with Crippen molar-refractivity contribution in [3.8, 4) is 22.3 Å². The first-order valence-corrected chi connectivity index (χ1v) is 22.3. The Morgan fingerprint density at radius 2 is 0.698 bits per heavy atom. The Bertz CT molecular complexity index is 3380. The number of aryl methyl sites for hydroxylation is 1. The molecular formula is C61H48N2. The molecule has 0 aliphatic carbocycles. The van der Waals surface area contributed by atoms with Crippen molar-refractivity contribution in [1.82, 2.24) is 0 Å². The second kappa shape index (κ2) is 13.8. The highest BCUT2D eigenvalue weighted by Gasteiger charge is 2.38. The van der Waals surface area contributed by atoms with E-state index in [2.05, 4.69) is 245 Å². The molecule has 0 aromatic heterocycles. The van der Waals surface area contributed by atoms with E-state index in [1.807, 2.05) is 0 Å². The Balaban J connectivity index is 1.19. The first-order valence-electron chi connectivity index (χ1n) is 22.3. The van der Waals surface area contributed by atoms with Gasteiger partial charge in [-0.2, -0.15) is 0 Å². The number of para-hydroxylation sites is 4. The van der Waals surface area contributed by atoms with Crippen LogP contribution in [0.2, 0.25) is 0 Å². The number of hydrogen-bond acceptors (Lipinski definition) is 2. The highest BCUT2D eigenvalue weighted by molar-refractivity contribution is 6.23. The van der Waals surface area contributed by atoms with Gasteiger partial charge in [-0.1, -0.05) is 179 Å². The lowest BCUT2D eigenvalue weighted by Crippen LogP contribution is -2.30. The lowest BCUT2D eigenvalue weighted by Gasteiger charge is -2.42. The molecule has 0 radical (unpaired) electrons. The van der Waals surface area contributed by atoms with Crippen LogP contribution in [0, 0.1) is 6.92 Å². The Morgan fingerprint density at radius 3 is 1.16 bits per heavy atom. The number of rotatable bonds is 4. The van der Waals surface area contributed by atoms with Crippen molar-refractivity contribution >= 4 is 66.4 Å². The summed E-state index contributed by atoms with van der Waals surface area (Å²) in [5.74, 6) is 0. The van der Waals surface area contributed by atoms with Crippen LogP contribution >= 0.6 is 0 Å². The van der Waals surface area contributed by atoms with E-state index in [1.165, 1.54) is 105 Å². The van der Waals surface area contributed by atoms with Gasteiger partial charge in [0, 0.05) is 22.2 Å². The van der Waals surface area contributed by atoms with Crippen molar-refractivity contribution < 1.29 is 0 Å². The maximum absolute atomic E-state index is 2.49. The first kappa shape index (κ1) is 37.4. The van der Waals surface area contributed by atoms with Gasteiger partial charge in [0.15, 0.2) is 0 Å². The Labute approximate surface area is 370 Å². The highest BCUT2D eigenvalue weighted by Crippen LogP contribution is 2.55. The normalized spacial score (nSPS) is 14.6. The van der Waals surface area contributed by atoms with Crippen LogP contribution in [0.4, 0.5) is 34.1 Å². The van der Waals surface area contributed by atoms with E-state index in [0.29, 0.717) is 0 Å². The number of anilines is 6. The summed E-state index contributed by atoms with van der Waals surface area (Å²) in [4.78, 5) is 4.98. The smallest absolute Gasteiger partial charge is 0.0502 e. The summed E-state index contributed by atoms with van der Waals surface area (Å²) in [5.41, 5.74) is 18.4. The van der Waals surface area contributed by atoms with E-state index >= 15 is 0 Å². The molecule has 2 aliphatic heterocycles. The fourth-order valence-electron chi connectivity index (χ4n) is 11.1. The van der Waals surface area contributed by atoms with E-state index in [-0.39, 0.29) is 10.8 Å². The van der Waals surface area contributed by atoms with Gasteiger partial charge in [0.2, 0.25) is 0 Å². The average molecular weight is 809 g/mol. The lowest BCUT2D eigenvalue weighted by atomic mass is 9.73. The zero-order chi connectivity index (χ0) is 42.6. The summed E-state index contributed by atoms with van der Waals surface area (Å²) in [6, 6.07) is 75.1. The quantitative estimate of drug-likeness (QED) is 0.163. The molecule has 12 rings (SSSR count). The van der Waals surface area contributed by atoms with E-state index in [1.54, 1.807) is 0 Å². The third-order valence-electron chi connectivity index (χ3n) is 14.3. The average Bonchev–Trinajstić information content (AvgIpc) is 3.31. The molecule has 0 N–H and O–H groups in total. The summed E-state index contributed by atoms with van der Waals surface area (Å²) in [7, 11) is 0. The Morgan fingerprint density at radius 1 is 0.317 bits per heavy atom. The van der Waals surface area contributed by atoms with E-state index < -0.39 is 0 Å². The van der Waals surface area contributed by atoms with Crippen molar-refractivity contribution in [2.24, 2.45) is 0 Å². The fourth-order valence-corrected chi connectivity index (χ4v) is 11.1. The number of nitrogens with zero attached hydrogens (tertiary/aromatic N) is 2. The summed E-state index contributed by atoms with van der Waals surface area (Å²) in [6.07, 6.45) is 0. The molecule has 2 nitrogen and oxygen atoms in total. The lowest BCUT2D eigenvalue weighted by molar-refractivity contribution is 0.632. The molecule has 0 atom stereocenters. The molecule has 0 unspecified atom stereocenters. The molecule has 0 spiro atoms. The van der Waals surface area contributed by atoms with Gasteiger partial charge < -0.3 is 9.80 Å². The largest absolute Gasteiger partial charge is 0.310 e. The predicted octanol–water partition coefficient (Wildman–Crippen LogP) is 17.0. The number of fused-ring (bicyclic) bond motifs is 7. The highest BCUT2D eigenvalue weighted by atomic mass is 15.2. The third kappa shape index (κ3) is 5.57. The molecule has 302 valence electrons. The SMILES string of the molecule is Cc1ccc(-c2c3ccc(N4c5ccccc5C(C)(C)c5ccccc54)cc3c(-c3ccc4ccccc4c3)c3ccc(N4c5ccccc5C(C)(C)c5ccccc54)cc23)cc1. The van der Waals surface area contributed by atoms with Gasteiger partial charge in [0.1, 0.15) is 0 Å². The molecule has 2 aliphatic rings. The zero-order valence-electron chi connectivity index (χ0n) is 36.4. The van der Waals surface area contributed by atoms with Crippen LogP contribution in [0.5, 0.6) is 0 Å². The Hall–Kier alpha value is -7.42. The van der Waals surface area contributed by atoms with Gasteiger partial charge >= 0.3 is 0 Å². The second-order valence-electron chi connectivity index (χ2n) is 18.6. The number of benzene rings is 10. The van der Waals surface area contributed by atoms with Crippen LogP contribution < -0.4 is 9.80 Å². The summed E-state index contributed by atoms with van der Waals surface area (Å²) in [5, 5.41) is 7.40. The van der Waals surface area contributed by atoms with Crippen LogP contribution in [0.25, 0.3) is 54.6 Å². The molecule has 0 saturated heterocycles. The van der Waals surface area contributed by atoms with E-state index in [9.17, 15) is 0 Å². The third-order valence-corrected chi connectivity index (χ3v) is 14.3. The summed E-state index contributed by atoms with van der Waals surface area (Å²) < 4.78 is 0. The molecule has 0 amide bonds. The molecule has 10 aromatic rings. The zero-order valence-corrected chi connectivity index (χ0v) is 36.4. The van der Waals surface area contributed by atoms with Gasteiger partial charge in [-0.3, -0.25) is 0 Å². The van der Waals surface area contributed by atoms with Crippen molar-refractivity contribution in [3.63, 3.8) is 0 Å². The molecule has 2 heterocycles. The maximum Gasteiger partial charge on any atom is 0.0502 e. The van der Waals surface area contributed by atoms with Crippen LogP contribution in [0.15, 0.2) is 200 Å². The summed E-state index contributed by atoms with van der Waals surface area (Å²) >= 11 is 0. The van der Waals surface area contributed by atoms with E-state index in [4.69, 9.17) is 0 Å². The van der Waals surface area contributed by atoms with Crippen LogP contribution in [-0.2, 0) is 10.8 Å². The van der Waals surface area contributed by atoms with Crippen LogP contribution in [-0.4, -0.2) is 0 Å². The minimum Gasteiger partial charge on any atom is -0.310 e. The molecule has 0 saturated carbocycles. The molecule has 10 aromatic carbocycles. The van der Waals surface area contributed by atoms with Crippen molar-refractivity contribution in [3.05, 3.63) is 228 Å². The fraction of sp³-hybridized carbons (Fsp3) is 0.115. The van der Waals surface area contributed by atoms with Gasteiger partial charge in [0.05, 0.1) is 22.7 Å². The van der Waals surface area contributed by atoms with E-state index in [0.717, 1.165) is 11.4 Å². The monoisotopic (exact) mass is 808 g/mol. The maximum atomic E-state index is 2.49. The minimum absolute atomic E-state index is 0.143. The van der Waals surface area contributed by atoms with Crippen LogP contribution in [0.1, 0.15) is 55.5 Å². The van der Waals surface area contributed by atoms with Crippen LogP contribution in [0.3, 0.4) is 0 Å². The Kier molecular flexibility index (Phi) is 8.18. The van der Waals surface area contributed by atoms with Crippen molar-refractivity contribution in [2.45, 2.75) is 45.4 Å². The topological polar surface area (TPSA) is 6.48 Å². The van der Waals surface area contributed by atoms with Gasteiger partial charge in [-0.25, -0.2) is 0 Å². The second-order valence-corrected chi connectivity index (χ2v) is 18.6. The molecular weight excluding hydrogens is 761 g/mol. The molecule has 63 heavy (non-hydrogen) atoms. The predicted molar refractivity (Wildman–Crippen MR) is 268 cm³/mol. The van der Waals surface area contributed by atoms with Crippen molar-refractivity contribution in [1.29, 1.82) is 0 Å². The first-order chi connectivity index (χ1) is 30.7. The molecule has 0 fully saturated rings. The molecule has 2 heteroatoms. The molecule has 0 bridgehead atoms. The standard InChI is InChI=1S/C61H48N2/c1-39-26-28-41(29-27-39)58-46-34-32-45(63-56-24-14-10-20-52(56)61(4,5)53-21-11-15-25-57(53)63)38-49(46)59(43-31-30-40-16-6-7-17-42(40)36-43)47-35-33-44(37-48(47)58)62-54-22-12-8-18-50(54)60(2,3)51-19-9-13-23-55(51)62/h6-38H,1-5H3.